The van der Waals surface area contributed by atoms with Crippen LogP contribution in [0.15, 0.2) is 0 Å². The Morgan fingerprint density at radius 2 is 2.43 bits per heavy atom. The molecular weight excluding hydrogens is 206 g/mol. The first-order chi connectivity index (χ1) is 6.63. The minimum Gasteiger partial charge on any atom is -0.479 e. The molecule has 0 aromatic carbocycles. The van der Waals surface area contributed by atoms with Gasteiger partial charge in [0.2, 0.25) is 5.85 Å². The van der Waals surface area contributed by atoms with Crippen molar-refractivity contribution < 1.29 is 23.9 Å². The molecule has 78 valence electrons. The number of carboxylic acids is 1. The highest BCUT2D eigenvalue weighted by Gasteiger charge is 2.25. The van der Waals surface area contributed by atoms with Gasteiger partial charge in [-0.15, -0.1) is 0 Å². The van der Waals surface area contributed by atoms with Crippen LogP contribution in [0.2, 0.25) is 0 Å². The lowest BCUT2D eigenvalue weighted by Gasteiger charge is -2.12. The summed E-state index contributed by atoms with van der Waals surface area (Å²) in [4.78, 5) is 10.4. The molecule has 1 heterocycles. The maximum atomic E-state index is 10.4. The summed E-state index contributed by atoms with van der Waals surface area (Å²) in [6.45, 7) is 0.191. The van der Waals surface area contributed by atoms with Gasteiger partial charge in [0, 0.05) is 6.00 Å². The van der Waals surface area contributed by atoms with Crippen molar-refractivity contribution in [2.75, 3.05) is 6.61 Å². The summed E-state index contributed by atoms with van der Waals surface area (Å²) in [6, 6.07) is 0.205. The number of carbonyl (C=O) groups is 1. The number of ether oxygens (including phenoxy) is 2. The van der Waals surface area contributed by atoms with E-state index in [0.29, 0.717) is 0 Å². The van der Waals surface area contributed by atoms with Gasteiger partial charge in [0.15, 0.2) is 8.46 Å². The summed E-state index contributed by atoms with van der Waals surface area (Å²) in [6.07, 6.45) is 1.76. The van der Waals surface area contributed by atoms with Crippen molar-refractivity contribution in [3.8, 4) is 0 Å². The normalized spacial score (nSPS) is 29.1. The zero-order valence-corrected chi connectivity index (χ0v) is 8.78. The fraction of sp³-hybridized carbons (Fsp3) is 0.857. The van der Waals surface area contributed by atoms with Crippen LogP contribution in [-0.2, 0) is 18.8 Å². The molecule has 7 heteroatoms. The topological polar surface area (TPSA) is 72.8 Å². The number of carboxylic acid groups (broad SMARTS) is 1. The van der Waals surface area contributed by atoms with Gasteiger partial charge in [-0.3, -0.25) is 4.57 Å². The molecule has 1 rings (SSSR count). The molecule has 0 saturated carbocycles. The van der Waals surface area contributed by atoms with Crippen LogP contribution < -0.4 is 0 Å². The molecule has 1 fully saturated rings. The third kappa shape index (κ3) is 3.37. The zero-order valence-electron chi connectivity index (χ0n) is 7.88. The number of aliphatic carboxylic acids is 1. The molecule has 0 aromatic rings. The van der Waals surface area contributed by atoms with Crippen LogP contribution in [0, 0.1) is 0 Å². The number of hydrogen-bond acceptors (Lipinski definition) is 4. The highest BCUT2D eigenvalue weighted by atomic mass is 31.1. The van der Waals surface area contributed by atoms with Crippen LogP contribution >= 0.6 is 8.46 Å². The van der Waals surface area contributed by atoms with Gasteiger partial charge in [0.1, 0.15) is 7.85 Å². The fourth-order valence-corrected chi connectivity index (χ4v) is 1.59. The van der Waals surface area contributed by atoms with Crippen molar-refractivity contribution in [2.45, 2.75) is 30.8 Å². The van der Waals surface area contributed by atoms with Crippen molar-refractivity contribution in [2.24, 2.45) is 0 Å². The average Bonchev–Trinajstić information content (AvgIpc) is 2.52. The van der Waals surface area contributed by atoms with Crippen molar-refractivity contribution in [3.05, 3.63) is 0 Å². The van der Waals surface area contributed by atoms with Gasteiger partial charge in [0.05, 0.1) is 12.7 Å². The Bertz CT molecular complexity index is 224. The Morgan fingerprint density at radius 1 is 1.71 bits per heavy atom. The minimum absolute atomic E-state index is 0.0615. The van der Waals surface area contributed by atoms with E-state index in [1.54, 1.807) is 0 Å². The second-order valence-electron chi connectivity index (χ2n) is 3.28. The second kappa shape index (κ2) is 5.44. The maximum absolute atomic E-state index is 10.4. The lowest BCUT2D eigenvalue weighted by molar-refractivity contribution is -0.146. The molecule has 1 saturated heterocycles. The lowest BCUT2D eigenvalue weighted by atomic mass is 9.97. The van der Waals surface area contributed by atoms with E-state index in [1.807, 2.05) is 7.85 Å². The predicted octanol–water partition coefficient (Wildman–Crippen LogP) is -0.156. The van der Waals surface area contributed by atoms with Gasteiger partial charge in [0.25, 0.3) is 0 Å². The van der Waals surface area contributed by atoms with Crippen LogP contribution in [-0.4, -0.2) is 43.5 Å². The van der Waals surface area contributed by atoms with Crippen molar-refractivity contribution in [1.82, 2.24) is 0 Å². The van der Waals surface area contributed by atoms with Gasteiger partial charge in [-0.25, -0.2) is 4.79 Å². The van der Waals surface area contributed by atoms with Gasteiger partial charge in [-0.05, 0) is 12.8 Å². The van der Waals surface area contributed by atoms with E-state index in [9.17, 15) is 9.36 Å². The van der Waals surface area contributed by atoms with Crippen LogP contribution in [0.4, 0.5) is 0 Å². The van der Waals surface area contributed by atoms with Crippen LogP contribution in [0.3, 0.4) is 0 Å². The molecule has 1 N–H and O–H groups in total. The summed E-state index contributed by atoms with van der Waals surface area (Å²) in [7, 11) is 1.44. The molecule has 0 aromatic heterocycles. The molecule has 1 aliphatic heterocycles. The first-order valence-electron chi connectivity index (χ1n) is 4.46. The van der Waals surface area contributed by atoms with E-state index in [2.05, 4.69) is 0 Å². The molecule has 3 unspecified atom stereocenters. The Kier molecular flexibility index (Phi) is 4.52. The summed E-state index contributed by atoms with van der Waals surface area (Å²) >= 11 is 0. The van der Waals surface area contributed by atoms with Gasteiger partial charge in [-0.1, -0.05) is 0 Å². The third-order valence-corrected chi connectivity index (χ3v) is 2.63. The minimum atomic E-state index is -1.27. The van der Waals surface area contributed by atoms with Gasteiger partial charge < -0.3 is 14.6 Å². The first-order valence-corrected chi connectivity index (χ1v) is 5.34. The standard InChI is InChI=1S/C7H12BO5P/c8-5-2-1-4(13-5)3-12-7(14-11)6(9)10/h4-5,7H,1-3,8H2,(H,9,10). The van der Waals surface area contributed by atoms with Crippen LogP contribution in [0.1, 0.15) is 12.8 Å². The SMILES string of the molecule is BC1CCC(COC(P=O)C(=O)O)O1. The monoisotopic (exact) mass is 218 g/mol. The molecular formula is C7H12BO5P. The molecule has 14 heavy (non-hydrogen) atoms. The summed E-state index contributed by atoms with van der Waals surface area (Å²) in [5.74, 6) is -2.48. The Morgan fingerprint density at radius 3 is 2.86 bits per heavy atom. The highest BCUT2D eigenvalue weighted by molar-refractivity contribution is 7.26. The molecule has 5 nitrogen and oxygen atoms in total. The maximum Gasteiger partial charge on any atom is 0.345 e. The Hall–Kier alpha value is -0.445. The molecule has 1 aliphatic rings. The molecule has 3 atom stereocenters. The van der Waals surface area contributed by atoms with Crippen molar-refractivity contribution in [1.29, 1.82) is 0 Å². The van der Waals surface area contributed by atoms with E-state index in [0.717, 1.165) is 12.8 Å². The zero-order chi connectivity index (χ0) is 10.6. The van der Waals surface area contributed by atoms with E-state index >= 15 is 0 Å². The molecule has 0 aliphatic carbocycles. The summed E-state index contributed by atoms with van der Waals surface area (Å²) < 4.78 is 20.7. The second-order valence-corrected chi connectivity index (χ2v) is 3.96. The van der Waals surface area contributed by atoms with E-state index < -0.39 is 20.3 Å². The number of hydrogen-bond donors (Lipinski definition) is 1. The molecule has 0 amide bonds. The van der Waals surface area contributed by atoms with E-state index in [4.69, 9.17) is 14.6 Å². The molecule has 0 bridgehead atoms. The van der Waals surface area contributed by atoms with Crippen molar-refractivity contribution >= 4 is 22.3 Å². The smallest absolute Gasteiger partial charge is 0.345 e. The average molecular weight is 218 g/mol. The van der Waals surface area contributed by atoms with Crippen LogP contribution in [0.25, 0.3) is 0 Å². The van der Waals surface area contributed by atoms with Gasteiger partial charge in [-0.2, -0.15) is 0 Å². The van der Waals surface area contributed by atoms with E-state index in [-0.39, 0.29) is 18.7 Å². The predicted molar refractivity (Wildman–Crippen MR) is 51.4 cm³/mol. The quantitative estimate of drug-likeness (QED) is 0.512. The molecule has 0 radical (unpaired) electrons. The highest BCUT2D eigenvalue weighted by Crippen LogP contribution is 2.19. The first kappa shape index (κ1) is 11.6. The van der Waals surface area contributed by atoms with Crippen molar-refractivity contribution in [3.63, 3.8) is 0 Å². The molecule has 0 spiro atoms. The Balaban J connectivity index is 2.25. The third-order valence-electron chi connectivity index (χ3n) is 2.07. The Labute approximate surface area is 84.4 Å². The van der Waals surface area contributed by atoms with E-state index in [1.165, 1.54) is 0 Å². The summed E-state index contributed by atoms with van der Waals surface area (Å²) in [5, 5.41) is 8.53. The largest absolute Gasteiger partial charge is 0.479 e. The van der Waals surface area contributed by atoms with Crippen LogP contribution in [0.5, 0.6) is 0 Å². The number of rotatable bonds is 5. The summed E-state index contributed by atoms with van der Waals surface area (Å²) in [5.41, 5.74) is 0. The fourth-order valence-electron chi connectivity index (χ4n) is 1.35. The van der Waals surface area contributed by atoms with Gasteiger partial charge >= 0.3 is 5.97 Å². The lowest BCUT2D eigenvalue weighted by Crippen LogP contribution is -2.24.